The summed E-state index contributed by atoms with van der Waals surface area (Å²) in [6, 6.07) is 0. The zero-order valence-electron chi connectivity index (χ0n) is 12.3. The lowest BCUT2D eigenvalue weighted by Crippen LogP contribution is -2.72. The van der Waals surface area contributed by atoms with Crippen molar-refractivity contribution in [3.05, 3.63) is 0 Å². The standard InChI is InChI=1S/C18H28/c1-10(2)18-9-12-4-13-15(18)6-11-7-16(18)14(5-12)17(13,3)8-11/h10-16H,4-9H2,1-3H3. The molecule has 7 aliphatic rings. The quantitative estimate of drug-likeness (QED) is 0.625. The van der Waals surface area contributed by atoms with E-state index < -0.39 is 0 Å². The molecule has 0 amide bonds. The van der Waals surface area contributed by atoms with Crippen LogP contribution in [0.2, 0.25) is 0 Å². The molecule has 0 aliphatic heterocycles. The van der Waals surface area contributed by atoms with Crippen LogP contribution in [-0.2, 0) is 0 Å². The largest absolute Gasteiger partial charge is 0.0622 e. The number of hydrogen-bond acceptors (Lipinski definition) is 0. The van der Waals surface area contributed by atoms with E-state index in [1.807, 2.05) is 0 Å². The Morgan fingerprint density at radius 2 is 1.28 bits per heavy atom. The molecule has 18 heavy (non-hydrogen) atoms. The SMILES string of the molecule is CC(C)C12CC3CC4C1CC1CC2C(C3)C4(C)C1. The maximum Gasteiger partial charge on any atom is -0.0209 e. The van der Waals surface area contributed by atoms with Crippen LogP contribution in [-0.4, -0.2) is 0 Å². The van der Waals surface area contributed by atoms with Crippen molar-refractivity contribution >= 4 is 0 Å². The molecule has 0 aromatic rings. The Hall–Kier alpha value is 0. The molecular formula is C18H28. The molecule has 0 spiro atoms. The van der Waals surface area contributed by atoms with Gasteiger partial charge in [-0.25, -0.2) is 0 Å². The number of rotatable bonds is 1. The van der Waals surface area contributed by atoms with Crippen molar-refractivity contribution in [1.29, 1.82) is 0 Å². The first-order valence-electron chi connectivity index (χ1n) is 8.55. The zero-order chi connectivity index (χ0) is 12.3. The fraction of sp³-hybridized carbons (Fsp3) is 1.00. The summed E-state index contributed by atoms with van der Waals surface area (Å²) in [5.41, 5.74) is 1.58. The van der Waals surface area contributed by atoms with Gasteiger partial charge in [-0.1, -0.05) is 20.8 Å². The molecule has 0 radical (unpaired) electrons. The maximum absolute atomic E-state index is 2.71. The summed E-state index contributed by atoms with van der Waals surface area (Å²) in [5.74, 6) is 7.72. The Morgan fingerprint density at radius 3 is 1.83 bits per heavy atom. The van der Waals surface area contributed by atoms with Crippen molar-refractivity contribution in [3.8, 4) is 0 Å². The molecule has 0 aromatic heterocycles. The highest BCUT2D eigenvalue weighted by Gasteiger charge is 2.73. The van der Waals surface area contributed by atoms with Crippen molar-refractivity contribution < 1.29 is 0 Å². The van der Waals surface area contributed by atoms with E-state index in [2.05, 4.69) is 20.8 Å². The van der Waals surface area contributed by atoms with Crippen LogP contribution in [0.5, 0.6) is 0 Å². The molecule has 0 nitrogen and oxygen atoms in total. The van der Waals surface area contributed by atoms with E-state index in [1.54, 1.807) is 38.5 Å². The minimum absolute atomic E-state index is 0.784. The average Bonchev–Trinajstić information content (AvgIpc) is 2.34. The Bertz CT molecular complexity index is 382. The summed E-state index contributed by atoms with van der Waals surface area (Å²) in [6.45, 7) is 7.83. The lowest BCUT2D eigenvalue weighted by atomic mass is 9.26. The first-order valence-corrected chi connectivity index (χ1v) is 8.55. The third kappa shape index (κ3) is 0.879. The van der Waals surface area contributed by atoms with E-state index in [4.69, 9.17) is 0 Å². The van der Waals surface area contributed by atoms with Gasteiger partial charge in [0.05, 0.1) is 0 Å². The molecule has 7 fully saturated rings. The van der Waals surface area contributed by atoms with Crippen molar-refractivity contribution in [1.82, 2.24) is 0 Å². The molecule has 7 saturated carbocycles. The second kappa shape index (κ2) is 2.86. The van der Waals surface area contributed by atoms with E-state index in [-0.39, 0.29) is 0 Å². The summed E-state index contributed by atoms with van der Waals surface area (Å²) in [5, 5.41) is 0. The van der Waals surface area contributed by atoms with Crippen LogP contribution in [0.1, 0.15) is 59.3 Å². The first kappa shape index (κ1) is 10.7. The molecule has 0 aromatic carbocycles. The monoisotopic (exact) mass is 244 g/mol. The molecule has 100 valence electrons. The summed E-state index contributed by atoms with van der Waals surface area (Å²) < 4.78 is 0. The summed E-state index contributed by atoms with van der Waals surface area (Å²) in [4.78, 5) is 0. The summed E-state index contributed by atoms with van der Waals surface area (Å²) in [7, 11) is 0. The predicted molar refractivity (Wildman–Crippen MR) is 74.0 cm³/mol. The second-order valence-electron chi connectivity index (χ2n) is 9.28. The van der Waals surface area contributed by atoms with Crippen molar-refractivity contribution in [2.75, 3.05) is 0 Å². The Kier molecular flexibility index (Phi) is 1.71. The number of hydrogen-bond donors (Lipinski definition) is 0. The minimum atomic E-state index is 0.784. The molecule has 4 atom stereocenters. The van der Waals surface area contributed by atoms with Gasteiger partial charge in [0.25, 0.3) is 0 Å². The molecule has 0 heteroatoms. The van der Waals surface area contributed by atoms with Gasteiger partial charge in [0.1, 0.15) is 0 Å². The lowest BCUT2D eigenvalue weighted by molar-refractivity contribution is -0.304. The maximum atomic E-state index is 2.71. The van der Waals surface area contributed by atoms with Crippen LogP contribution < -0.4 is 0 Å². The van der Waals surface area contributed by atoms with E-state index in [9.17, 15) is 0 Å². The van der Waals surface area contributed by atoms with E-state index >= 15 is 0 Å². The van der Waals surface area contributed by atoms with Crippen LogP contribution in [0.4, 0.5) is 0 Å². The fourth-order valence-electron chi connectivity index (χ4n) is 8.63. The van der Waals surface area contributed by atoms with Gasteiger partial charge in [0.2, 0.25) is 0 Å². The Morgan fingerprint density at radius 1 is 0.778 bits per heavy atom. The predicted octanol–water partition coefficient (Wildman–Crippen LogP) is 4.74. The van der Waals surface area contributed by atoms with Gasteiger partial charge in [-0.3, -0.25) is 0 Å². The van der Waals surface area contributed by atoms with Crippen LogP contribution in [0, 0.1) is 52.3 Å². The molecule has 0 saturated heterocycles. The molecular weight excluding hydrogens is 216 g/mol. The van der Waals surface area contributed by atoms with Gasteiger partial charge in [-0.15, -0.1) is 0 Å². The van der Waals surface area contributed by atoms with Gasteiger partial charge in [-0.05, 0) is 90.8 Å². The van der Waals surface area contributed by atoms with E-state index in [0.717, 1.165) is 52.3 Å². The second-order valence-corrected chi connectivity index (χ2v) is 9.28. The van der Waals surface area contributed by atoms with Crippen LogP contribution >= 0.6 is 0 Å². The fourth-order valence-corrected chi connectivity index (χ4v) is 8.63. The van der Waals surface area contributed by atoms with Crippen molar-refractivity contribution in [2.24, 2.45) is 52.3 Å². The molecule has 4 unspecified atom stereocenters. The van der Waals surface area contributed by atoms with Crippen LogP contribution in [0.25, 0.3) is 0 Å². The molecule has 7 aliphatic carbocycles. The normalized spacial score (nSPS) is 67.3. The molecule has 0 N–H and O–H groups in total. The van der Waals surface area contributed by atoms with E-state index in [0.29, 0.717) is 0 Å². The third-order valence-corrected chi connectivity index (χ3v) is 8.84. The van der Waals surface area contributed by atoms with E-state index in [1.165, 1.54) is 0 Å². The first-order chi connectivity index (χ1) is 8.55. The lowest BCUT2D eigenvalue weighted by Gasteiger charge is -2.79. The highest BCUT2D eigenvalue weighted by molar-refractivity contribution is 5.22. The van der Waals surface area contributed by atoms with Crippen LogP contribution in [0.3, 0.4) is 0 Å². The zero-order valence-corrected chi connectivity index (χ0v) is 12.3. The minimum Gasteiger partial charge on any atom is -0.0622 e. The van der Waals surface area contributed by atoms with Gasteiger partial charge in [-0.2, -0.15) is 0 Å². The van der Waals surface area contributed by atoms with Crippen LogP contribution in [0.15, 0.2) is 0 Å². The topological polar surface area (TPSA) is 0 Å². The van der Waals surface area contributed by atoms with Gasteiger partial charge >= 0.3 is 0 Å². The van der Waals surface area contributed by atoms with Gasteiger partial charge < -0.3 is 0 Å². The highest BCUT2D eigenvalue weighted by Crippen LogP contribution is 2.81. The van der Waals surface area contributed by atoms with Crippen molar-refractivity contribution in [3.63, 3.8) is 0 Å². The summed E-state index contributed by atoms with van der Waals surface area (Å²) >= 11 is 0. The highest BCUT2D eigenvalue weighted by atomic mass is 14.8. The Balaban J connectivity index is 1.73. The van der Waals surface area contributed by atoms with Crippen molar-refractivity contribution in [2.45, 2.75) is 59.3 Å². The summed E-state index contributed by atoms with van der Waals surface area (Å²) in [6.07, 6.45) is 9.70. The third-order valence-electron chi connectivity index (χ3n) is 8.84. The molecule has 7 rings (SSSR count). The van der Waals surface area contributed by atoms with Gasteiger partial charge in [0.15, 0.2) is 0 Å². The molecule has 8 bridgehead atoms. The smallest absolute Gasteiger partial charge is 0.0209 e. The molecule has 0 heterocycles. The van der Waals surface area contributed by atoms with Gasteiger partial charge in [0, 0.05) is 0 Å². The average molecular weight is 244 g/mol. The Labute approximate surface area is 112 Å².